The van der Waals surface area contributed by atoms with E-state index in [-0.39, 0.29) is 5.56 Å². The summed E-state index contributed by atoms with van der Waals surface area (Å²) in [6, 6.07) is 13.2. The van der Waals surface area contributed by atoms with E-state index in [9.17, 15) is 9.90 Å². The standard InChI is InChI=1S/C16H13BrN2O2/c1-10-18-15-12(16(20)21)6-4-8-14(15)19(10)9-11-5-2-3-7-13(11)17/h2-8H,9H2,1H3,(H,20,21). The van der Waals surface area contributed by atoms with Crippen LogP contribution >= 0.6 is 15.9 Å². The quantitative estimate of drug-likeness (QED) is 0.784. The molecule has 106 valence electrons. The third kappa shape index (κ3) is 2.45. The number of rotatable bonds is 3. The molecule has 0 fully saturated rings. The highest BCUT2D eigenvalue weighted by atomic mass is 79.9. The number of aromatic carboxylic acids is 1. The van der Waals surface area contributed by atoms with Gasteiger partial charge in [0.15, 0.2) is 0 Å². The normalized spacial score (nSPS) is 11.0. The van der Waals surface area contributed by atoms with Crippen LogP contribution in [0.5, 0.6) is 0 Å². The van der Waals surface area contributed by atoms with Gasteiger partial charge in [0.1, 0.15) is 11.3 Å². The minimum Gasteiger partial charge on any atom is -0.478 e. The Morgan fingerprint density at radius 3 is 2.71 bits per heavy atom. The number of carboxylic acids is 1. The van der Waals surface area contributed by atoms with Gasteiger partial charge in [0.2, 0.25) is 0 Å². The molecule has 0 saturated carbocycles. The highest BCUT2D eigenvalue weighted by Crippen LogP contribution is 2.23. The lowest BCUT2D eigenvalue weighted by Gasteiger charge is -2.09. The van der Waals surface area contributed by atoms with Crippen LogP contribution < -0.4 is 0 Å². The van der Waals surface area contributed by atoms with Gasteiger partial charge >= 0.3 is 5.97 Å². The summed E-state index contributed by atoms with van der Waals surface area (Å²) in [4.78, 5) is 15.7. The number of aromatic nitrogens is 2. The number of benzene rings is 2. The van der Waals surface area contributed by atoms with Gasteiger partial charge in [-0.3, -0.25) is 0 Å². The summed E-state index contributed by atoms with van der Waals surface area (Å²) in [6.45, 7) is 2.54. The van der Waals surface area contributed by atoms with Crippen LogP contribution in [-0.4, -0.2) is 20.6 Å². The predicted molar refractivity (Wildman–Crippen MR) is 84.7 cm³/mol. The van der Waals surface area contributed by atoms with Crippen molar-refractivity contribution < 1.29 is 9.90 Å². The van der Waals surface area contributed by atoms with E-state index in [4.69, 9.17) is 0 Å². The molecule has 21 heavy (non-hydrogen) atoms. The highest BCUT2D eigenvalue weighted by Gasteiger charge is 2.15. The minimum absolute atomic E-state index is 0.237. The van der Waals surface area contributed by atoms with Crippen LogP contribution in [0.15, 0.2) is 46.9 Å². The zero-order chi connectivity index (χ0) is 15.0. The molecule has 0 unspecified atom stereocenters. The van der Waals surface area contributed by atoms with E-state index in [0.29, 0.717) is 12.1 Å². The Morgan fingerprint density at radius 1 is 1.24 bits per heavy atom. The lowest BCUT2D eigenvalue weighted by Crippen LogP contribution is -2.03. The number of carbonyl (C=O) groups is 1. The number of hydrogen-bond donors (Lipinski definition) is 1. The molecule has 3 aromatic rings. The summed E-state index contributed by atoms with van der Waals surface area (Å²) in [5, 5.41) is 9.26. The van der Waals surface area contributed by atoms with Gasteiger partial charge in [-0.2, -0.15) is 0 Å². The molecule has 1 aromatic heterocycles. The lowest BCUT2D eigenvalue weighted by molar-refractivity contribution is 0.0699. The van der Waals surface area contributed by atoms with Crippen LogP contribution in [-0.2, 0) is 6.54 Å². The summed E-state index contributed by atoms with van der Waals surface area (Å²) in [5.74, 6) is -0.152. The van der Waals surface area contributed by atoms with Crippen molar-refractivity contribution in [3.05, 3.63) is 63.9 Å². The van der Waals surface area contributed by atoms with Crippen molar-refractivity contribution in [1.29, 1.82) is 0 Å². The van der Waals surface area contributed by atoms with Gasteiger partial charge in [-0.05, 0) is 30.7 Å². The van der Waals surface area contributed by atoms with E-state index in [2.05, 4.69) is 20.9 Å². The maximum absolute atomic E-state index is 11.3. The molecule has 0 radical (unpaired) electrons. The molecule has 0 bridgehead atoms. The summed E-state index contributed by atoms with van der Waals surface area (Å²) in [6.07, 6.45) is 0. The van der Waals surface area contributed by atoms with Crippen LogP contribution in [0.1, 0.15) is 21.7 Å². The second-order valence-electron chi connectivity index (χ2n) is 4.82. The second kappa shape index (κ2) is 5.33. The molecular weight excluding hydrogens is 332 g/mol. The topological polar surface area (TPSA) is 55.1 Å². The van der Waals surface area contributed by atoms with Gasteiger partial charge in [0.25, 0.3) is 0 Å². The molecule has 0 saturated heterocycles. The SMILES string of the molecule is Cc1nc2c(C(=O)O)cccc2n1Cc1ccccc1Br. The molecule has 3 rings (SSSR count). The summed E-state index contributed by atoms with van der Waals surface area (Å²) >= 11 is 3.54. The molecular formula is C16H13BrN2O2. The first-order chi connectivity index (χ1) is 10.1. The smallest absolute Gasteiger partial charge is 0.337 e. The van der Waals surface area contributed by atoms with Crippen molar-refractivity contribution in [3.63, 3.8) is 0 Å². The maximum Gasteiger partial charge on any atom is 0.337 e. The first kappa shape index (κ1) is 13.8. The van der Waals surface area contributed by atoms with Crippen molar-refractivity contribution in [2.24, 2.45) is 0 Å². The average Bonchev–Trinajstić information content (AvgIpc) is 2.77. The number of para-hydroxylation sites is 1. The number of fused-ring (bicyclic) bond motifs is 1. The average molecular weight is 345 g/mol. The Balaban J connectivity index is 2.16. The van der Waals surface area contributed by atoms with Crippen molar-refractivity contribution in [2.45, 2.75) is 13.5 Å². The van der Waals surface area contributed by atoms with Gasteiger partial charge < -0.3 is 9.67 Å². The van der Waals surface area contributed by atoms with E-state index in [1.807, 2.05) is 41.8 Å². The molecule has 1 N–H and O–H groups in total. The molecule has 1 heterocycles. The van der Waals surface area contributed by atoms with Crippen molar-refractivity contribution >= 4 is 32.9 Å². The Hall–Kier alpha value is -2.14. The molecule has 0 aliphatic rings. The number of imidazole rings is 1. The molecule has 2 aromatic carbocycles. The Bertz CT molecular complexity index is 839. The third-order valence-electron chi connectivity index (χ3n) is 3.49. The monoisotopic (exact) mass is 344 g/mol. The zero-order valence-corrected chi connectivity index (χ0v) is 13.0. The summed E-state index contributed by atoms with van der Waals surface area (Å²) in [5.41, 5.74) is 2.74. The van der Waals surface area contributed by atoms with E-state index in [1.165, 1.54) is 0 Å². The molecule has 0 amide bonds. The van der Waals surface area contributed by atoms with Crippen LogP contribution in [0.2, 0.25) is 0 Å². The number of aryl methyl sites for hydroxylation is 1. The van der Waals surface area contributed by atoms with Gasteiger partial charge in [0.05, 0.1) is 17.6 Å². The van der Waals surface area contributed by atoms with Crippen LogP contribution in [0.4, 0.5) is 0 Å². The molecule has 0 aliphatic carbocycles. The zero-order valence-electron chi connectivity index (χ0n) is 11.4. The van der Waals surface area contributed by atoms with Gasteiger partial charge in [-0.1, -0.05) is 40.2 Å². The number of hydrogen-bond acceptors (Lipinski definition) is 2. The number of carboxylic acid groups (broad SMARTS) is 1. The fourth-order valence-corrected chi connectivity index (χ4v) is 2.84. The van der Waals surface area contributed by atoms with Crippen LogP contribution in [0.3, 0.4) is 0 Å². The maximum atomic E-state index is 11.3. The molecule has 4 nitrogen and oxygen atoms in total. The largest absolute Gasteiger partial charge is 0.478 e. The molecule has 0 atom stereocenters. The van der Waals surface area contributed by atoms with Gasteiger partial charge in [-0.15, -0.1) is 0 Å². The van der Waals surface area contributed by atoms with E-state index >= 15 is 0 Å². The molecule has 0 aliphatic heterocycles. The van der Waals surface area contributed by atoms with E-state index in [1.54, 1.807) is 12.1 Å². The fraction of sp³-hybridized carbons (Fsp3) is 0.125. The second-order valence-corrected chi connectivity index (χ2v) is 5.67. The first-order valence-corrected chi connectivity index (χ1v) is 7.30. The predicted octanol–water partition coefficient (Wildman–Crippen LogP) is 3.85. The van der Waals surface area contributed by atoms with Crippen LogP contribution in [0, 0.1) is 6.92 Å². The Kier molecular flexibility index (Phi) is 3.51. The third-order valence-corrected chi connectivity index (χ3v) is 4.26. The molecule has 5 heteroatoms. The molecule has 0 spiro atoms. The summed E-state index contributed by atoms with van der Waals surface area (Å²) in [7, 11) is 0. The number of nitrogens with zero attached hydrogens (tertiary/aromatic N) is 2. The van der Waals surface area contributed by atoms with E-state index in [0.717, 1.165) is 21.4 Å². The Labute approximate surface area is 130 Å². The minimum atomic E-state index is -0.953. The van der Waals surface area contributed by atoms with Crippen LogP contribution in [0.25, 0.3) is 11.0 Å². The first-order valence-electron chi connectivity index (χ1n) is 6.50. The number of halogens is 1. The fourth-order valence-electron chi connectivity index (χ4n) is 2.43. The van der Waals surface area contributed by atoms with Crippen molar-refractivity contribution in [1.82, 2.24) is 9.55 Å². The summed E-state index contributed by atoms with van der Waals surface area (Å²) < 4.78 is 3.06. The van der Waals surface area contributed by atoms with Crippen molar-refractivity contribution in [2.75, 3.05) is 0 Å². The van der Waals surface area contributed by atoms with Gasteiger partial charge in [-0.25, -0.2) is 9.78 Å². The lowest BCUT2D eigenvalue weighted by atomic mass is 10.2. The van der Waals surface area contributed by atoms with E-state index < -0.39 is 5.97 Å². The Morgan fingerprint density at radius 2 is 2.00 bits per heavy atom. The van der Waals surface area contributed by atoms with Gasteiger partial charge in [0, 0.05) is 4.47 Å². The van der Waals surface area contributed by atoms with Crippen molar-refractivity contribution in [3.8, 4) is 0 Å². The highest BCUT2D eigenvalue weighted by molar-refractivity contribution is 9.10.